The van der Waals surface area contributed by atoms with Crippen LogP contribution >= 0.6 is 0 Å². The van der Waals surface area contributed by atoms with Gasteiger partial charge < -0.3 is 9.84 Å². The SMILES string of the molecule is CC(C)C1(CNc2ncnc3oncc23)CC1. The predicted octanol–water partition coefficient (Wildman–Crippen LogP) is 2.47. The number of hydrogen-bond acceptors (Lipinski definition) is 5. The van der Waals surface area contributed by atoms with Crippen molar-refractivity contribution in [2.24, 2.45) is 11.3 Å². The van der Waals surface area contributed by atoms with Crippen molar-refractivity contribution in [1.82, 2.24) is 15.1 Å². The zero-order valence-corrected chi connectivity index (χ0v) is 10.1. The molecule has 0 aromatic carbocycles. The summed E-state index contributed by atoms with van der Waals surface area (Å²) < 4.78 is 5.01. The van der Waals surface area contributed by atoms with Gasteiger partial charge in [0.2, 0.25) is 0 Å². The normalized spacial score (nSPS) is 17.6. The molecule has 1 saturated carbocycles. The molecule has 2 aromatic heterocycles. The minimum atomic E-state index is 0.453. The molecule has 0 amide bonds. The van der Waals surface area contributed by atoms with Gasteiger partial charge in [0, 0.05) is 6.54 Å². The van der Waals surface area contributed by atoms with Gasteiger partial charge >= 0.3 is 0 Å². The van der Waals surface area contributed by atoms with E-state index in [0.29, 0.717) is 17.0 Å². The number of nitrogens with one attached hydrogen (secondary N) is 1. The first-order valence-corrected chi connectivity index (χ1v) is 6.00. The standard InChI is InChI=1S/C12H16N4O/c1-8(2)12(3-4-12)6-13-10-9-5-16-17-11(9)15-7-14-10/h5,7-8H,3-4,6H2,1-2H3,(H,13,14,15). The summed E-state index contributed by atoms with van der Waals surface area (Å²) in [7, 11) is 0. The van der Waals surface area contributed by atoms with E-state index in [9.17, 15) is 0 Å². The molecule has 1 N–H and O–H groups in total. The van der Waals surface area contributed by atoms with Crippen molar-refractivity contribution in [3.05, 3.63) is 12.5 Å². The zero-order chi connectivity index (χ0) is 11.9. The van der Waals surface area contributed by atoms with Crippen LogP contribution in [0.5, 0.6) is 0 Å². The Morgan fingerprint density at radius 2 is 2.24 bits per heavy atom. The Labute approximate surface area is 99.6 Å². The van der Waals surface area contributed by atoms with Gasteiger partial charge in [0.05, 0.1) is 6.20 Å². The average molecular weight is 232 g/mol. The number of fused-ring (bicyclic) bond motifs is 1. The highest BCUT2D eigenvalue weighted by molar-refractivity contribution is 5.84. The molecule has 5 heteroatoms. The van der Waals surface area contributed by atoms with Gasteiger partial charge in [-0.15, -0.1) is 0 Å². The predicted molar refractivity (Wildman–Crippen MR) is 64.6 cm³/mol. The molecular formula is C12H16N4O. The Balaban J connectivity index is 1.79. The van der Waals surface area contributed by atoms with Gasteiger partial charge in [-0.05, 0) is 24.2 Å². The highest BCUT2D eigenvalue weighted by Crippen LogP contribution is 2.51. The summed E-state index contributed by atoms with van der Waals surface area (Å²) >= 11 is 0. The minimum absolute atomic E-state index is 0.453. The highest BCUT2D eigenvalue weighted by Gasteiger charge is 2.45. The molecule has 0 unspecified atom stereocenters. The van der Waals surface area contributed by atoms with Gasteiger partial charge in [-0.3, -0.25) is 0 Å². The Morgan fingerprint density at radius 3 is 2.94 bits per heavy atom. The van der Waals surface area contributed by atoms with E-state index >= 15 is 0 Å². The van der Waals surface area contributed by atoms with Crippen molar-refractivity contribution in [3.8, 4) is 0 Å². The third kappa shape index (κ3) is 1.75. The molecule has 0 radical (unpaired) electrons. The Kier molecular flexibility index (Phi) is 2.28. The van der Waals surface area contributed by atoms with E-state index in [4.69, 9.17) is 4.52 Å². The van der Waals surface area contributed by atoms with E-state index < -0.39 is 0 Å². The molecule has 0 aliphatic heterocycles. The maximum absolute atomic E-state index is 5.01. The lowest BCUT2D eigenvalue weighted by molar-refractivity contribution is 0.380. The van der Waals surface area contributed by atoms with Crippen molar-refractivity contribution in [3.63, 3.8) is 0 Å². The second-order valence-corrected chi connectivity index (χ2v) is 5.14. The summed E-state index contributed by atoms with van der Waals surface area (Å²) in [6.07, 6.45) is 5.77. The van der Waals surface area contributed by atoms with Gasteiger partial charge in [0.15, 0.2) is 0 Å². The third-order valence-corrected chi connectivity index (χ3v) is 3.89. The van der Waals surface area contributed by atoms with E-state index in [0.717, 1.165) is 17.7 Å². The minimum Gasteiger partial charge on any atom is -0.369 e. The van der Waals surface area contributed by atoms with E-state index in [2.05, 4.69) is 34.3 Å². The smallest absolute Gasteiger partial charge is 0.262 e. The Hall–Kier alpha value is -1.65. The maximum atomic E-state index is 5.01. The fourth-order valence-electron chi connectivity index (χ4n) is 2.22. The van der Waals surface area contributed by atoms with Crippen LogP contribution in [0.2, 0.25) is 0 Å². The van der Waals surface area contributed by atoms with Crippen LogP contribution in [0.4, 0.5) is 5.82 Å². The van der Waals surface area contributed by atoms with E-state index in [1.165, 1.54) is 19.2 Å². The number of rotatable bonds is 4. The van der Waals surface area contributed by atoms with E-state index in [1.54, 1.807) is 6.20 Å². The lowest BCUT2D eigenvalue weighted by Crippen LogP contribution is -2.21. The Morgan fingerprint density at radius 1 is 1.41 bits per heavy atom. The number of anilines is 1. The van der Waals surface area contributed by atoms with Gasteiger partial charge in [-0.1, -0.05) is 19.0 Å². The van der Waals surface area contributed by atoms with Crippen LogP contribution < -0.4 is 5.32 Å². The van der Waals surface area contributed by atoms with Gasteiger partial charge in [0.1, 0.15) is 17.5 Å². The van der Waals surface area contributed by atoms with Crippen LogP contribution in [0.1, 0.15) is 26.7 Å². The lowest BCUT2D eigenvalue weighted by Gasteiger charge is -2.20. The average Bonchev–Trinajstić information content (AvgIpc) is 2.96. The number of hydrogen-bond donors (Lipinski definition) is 1. The monoisotopic (exact) mass is 232 g/mol. The Bertz CT molecular complexity index is 530. The second-order valence-electron chi connectivity index (χ2n) is 5.14. The molecular weight excluding hydrogens is 216 g/mol. The van der Waals surface area contributed by atoms with Crippen molar-refractivity contribution >= 4 is 16.9 Å². The molecule has 90 valence electrons. The topological polar surface area (TPSA) is 63.8 Å². The molecule has 0 spiro atoms. The third-order valence-electron chi connectivity index (χ3n) is 3.89. The van der Waals surface area contributed by atoms with Crippen LogP contribution in [0.15, 0.2) is 17.0 Å². The van der Waals surface area contributed by atoms with Gasteiger partial charge in [-0.2, -0.15) is 4.98 Å². The van der Waals surface area contributed by atoms with Crippen molar-refractivity contribution in [1.29, 1.82) is 0 Å². The van der Waals surface area contributed by atoms with Gasteiger partial charge in [0.25, 0.3) is 5.71 Å². The first kappa shape index (κ1) is 10.5. The molecule has 17 heavy (non-hydrogen) atoms. The van der Waals surface area contributed by atoms with Crippen LogP contribution in [-0.2, 0) is 0 Å². The van der Waals surface area contributed by atoms with Crippen LogP contribution in [-0.4, -0.2) is 21.7 Å². The molecule has 1 aliphatic carbocycles. The zero-order valence-electron chi connectivity index (χ0n) is 10.1. The lowest BCUT2D eigenvalue weighted by atomic mass is 9.92. The van der Waals surface area contributed by atoms with Crippen molar-refractivity contribution < 1.29 is 4.52 Å². The first-order chi connectivity index (χ1) is 8.21. The van der Waals surface area contributed by atoms with Crippen LogP contribution in [0.25, 0.3) is 11.1 Å². The number of nitrogens with zero attached hydrogens (tertiary/aromatic N) is 3. The highest BCUT2D eigenvalue weighted by atomic mass is 16.5. The second kappa shape index (κ2) is 3.68. The summed E-state index contributed by atoms with van der Waals surface area (Å²) in [5.41, 5.74) is 0.992. The fourth-order valence-corrected chi connectivity index (χ4v) is 2.22. The van der Waals surface area contributed by atoms with Gasteiger partial charge in [-0.25, -0.2) is 4.98 Å². The molecule has 5 nitrogen and oxygen atoms in total. The molecule has 0 saturated heterocycles. The van der Waals surface area contributed by atoms with Crippen molar-refractivity contribution in [2.75, 3.05) is 11.9 Å². The van der Waals surface area contributed by atoms with Crippen LogP contribution in [0, 0.1) is 11.3 Å². The molecule has 1 fully saturated rings. The van der Waals surface area contributed by atoms with E-state index in [-0.39, 0.29) is 0 Å². The van der Waals surface area contributed by atoms with E-state index in [1.807, 2.05) is 0 Å². The molecule has 2 heterocycles. The molecule has 3 rings (SSSR count). The molecule has 0 bridgehead atoms. The summed E-state index contributed by atoms with van der Waals surface area (Å²) in [5, 5.41) is 8.00. The number of aromatic nitrogens is 3. The maximum Gasteiger partial charge on any atom is 0.262 e. The summed E-state index contributed by atoms with van der Waals surface area (Å²) in [6, 6.07) is 0. The quantitative estimate of drug-likeness (QED) is 0.877. The largest absolute Gasteiger partial charge is 0.369 e. The summed E-state index contributed by atoms with van der Waals surface area (Å²) in [6.45, 7) is 5.52. The molecule has 0 atom stereocenters. The fraction of sp³-hybridized carbons (Fsp3) is 0.583. The van der Waals surface area contributed by atoms with Crippen molar-refractivity contribution in [2.45, 2.75) is 26.7 Å². The van der Waals surface area contributed by atoms with Crippen LogP contribution in [0.3, 0.4) is 0 Å². The summed E-state index contributed by atoms with van der Waals surface area (Å²) in [4.78, 5) is 8.26. The molecule has 2 aromatic rings. The first-order valence-electron chi connectivity index (χ1n) is 6.00. The summed E-state index contributed by atoms with van der Waals surface area (Å²) in [5.74, 6) is 1.53. The molecule has 1 aliphatic rings.